The highest BCUT2D eigenvalue weighted by molar-refractivity contribution is 5.77. The summed E-state index contributed by atoms with van der Waals surface area (Å²) in [6.45, 7) is 2.01. The fourth-order valence-corrected chi connectivity index (χ4v) is 2.67. The van der Waals surface area contributed by atoms with Gasteiger partial charge in [-0.25, -0.2) is 14.1 Å². The van der Waals surface area contributed by atoms with Gasteiger partial charge in [-0.3, -0.25) is 4.98 Å². The Balaban J connectivity index is 1.65. The van der Waals surface area contributed by atoms with Gasteiger partial charge in [-0.15, -0.1) is 0 Å². The minimum Gasteiger partial charge on any atom is -0.252 e. The van der Waals surface area contributed by atoms with Crippen LogP contribution < -0.4 is 0 Å². The molecule has 0 spiro atoms. The number of aromatic nitrogens is 4. The minimum absolute atomic E-state index is 0.317. The lowest BCUT2D eigenvalue weighted by Crippen LogP contribution is -1.98. The maximum absolute atomic E-state index is 13.3. The lowest BCUT2D eigenvalue weighted by Gasteiger charge is -2.03. The third-order valence-corrected chi connectivity index (χ3v) is 4.01. The van der Waals surface area contributed by atoms with Crippen molar-refractivity contribution in [1.82, 2.24) is 19.7 Å². The van der Waals surface area contributed by atoms with Crippen LogP contribution in [0.1, 0.15) is 17.0 Å². The second-order valence-corrected chi connectivity index (χ2v) is 5.69. The van der Waals surface area contributed by atoms with E-state index in [1.54, 1.807) is 12.3 Å². The van der Waals surface area contributed by atoms with Crippen LogP contribution in [0.15, 0.2) is 60.9 Å². The predicted molar refractivity (Wildman–Crippen MR) is 96.7 cm³/mol. The first-order chi connectivity index (χ1) is 12.2. The van der Waals surface area contributed by atoms with E-state index in [2.05, 4.69) is 15.1 Å². The Morgan fingerprint density at radius 3 is 2.64 bits per heavy atom. The molecule has 122 valence electrons. The SMILES string of the molecule is Cc1c(C=Cc2cnc3ccc(F)cc3n2)cnn1-c1ccccc1. The summed E-state index contributed by atoms with van der Waals surface area (Å²) in [7, 11) is 0. The molecule has 4 rings (SSSR count). The first-order valence-corrected chi connectivity index (χ1v) is 7.91. The summed E-state index contributed by atoms with van der Waals surface area (Å²) in [5.74, 6) is -0.317. The Morgan fingerprint density at radius 1 is 0.960 bits per heavy atom. The molecule has 0 N–H and O–H groups in total. The Kier molecular flexibility index (Phi) is 3.82. The van der Waals surface area contributed by atoms with Crippen LogP contribution in [0.25, 0.3) is 28.9 Å². The van der Waals surface area contributed by atoms with Crippen molar-refractivity contribution in [3.63, 3.8) is 0 Å². The molecule has 4 aromatic rings. The zero-order valence-electron chi connectivity index (χ0n) is 13.6. The topological polar surface area (TPSA) is 43.6 Å². The van der Waals surface area contributed by atoms with Crippen LogP contribution in [0, 0.1) is 12.7 Å². The largest absolute Gasteiger partial charge is 0.252 e. The van der Waals surface area contributed by atoms with Gasteiger partial charge in [-0.2, -0.15) is 5.10 Å². The number of hydrogen-bond donors (Lipinski definition) is 0. The van der Waals surface area contributed by atoms with Crippen LogP contribution in [0.2, 0.25) is 0 Å². The fraction of sp³-hybridized carbons (Fsp3) is 0.0500. The van der Waals surface area contributed by atoms with Gasteiger partial charge in [-0.05, 0) is 43.3 Å². The maximum atomic E-state index is 13.3. The zero-order valence-corrected chi connectivity index (χ0v) is 13.6. The number of benzene rings is 2. The van der Waals surface area contributed by atoms with Crippen molar-refractivity contribution in [3.05, 3.63) is 83.7 Å². The average molecular weight is 330 g/mol. The highest BCUT2D eigenvalue weighted by Gasteiger charge is 2.06. The molecule has 0 aliphatic rings. The first kappa shape index (κ1) is 15.2. The summed E-state index contributed by atoms with van der Waals surface area (Å²) in [5, 5.41) is 4.44. The molecular weight excluding hydrogens is 315 g/mol. The van der Waals surface area contributed by atoms with Gasteiger partial charge in [0.25, 0.3) is 0 Å². The van der Waals surface area contributed by atoms with Crippen molar-refractivity contribution in [2.24, 2.45) is 0 Å². The van der Waals surface area contributed by atoms with Crippen molar-refractivity contribution in [2.75, 3.05) is 0 Å². The number of halogens is 1. The summed E-state index contributed by atoms with van der Waals surface area (Å²) in [6.07, 6.45) is 7.29. The summed E-state index contributed by atoms with van der Waals surface area (Å²) < 4.78 is 15.2. The summed E-state index contributed by atoms with van der Waals surface area (Å²) in [6, 6.07) is 14.4. The highest BCUT2D eigenvalue weighted by Crippen LogP contribution is 2.17. The number of nitrogens with zero attached hydrogens (tertiary/aromatic N) is 4. The molecule has 2 aromatic carbocycles. The Labute approximate surface area is 144 Å². The summed E-state index contributed by atoms with van der Waals surface area (Å²) in [5.41, 5.74) is 4.92. The summed E-state index contributed by atoms with van der Waals surface area (Å²) >= 11 is 0. The van der Waals surface area contributed by atoms with Gasteiger partial charge >= 0.3 is 0 Å². The van der Waals surface area contributed by atoms with Crippen molar-refractivity contribution in [1.29, 1.82) is 0 Å². The molecule has 0 amide bonds. The van der Waals surface area contributed by atoms with Gasteiger partial charge in [0.2, 0.25) is 0 Å². The van der Waals surface area contributed by atoms with E-state index >= 15 is 0 Å². The van der Waals surface area contributed by atoms with Crippen LogP contribution >= 0.6 is 0 Å². The van der Waals surface area contributed by atoms with Crippen molar-refractivity contribution >= 4 is 23.2 Å². The second kappa shape index (κ2) is 6.28. The molecule has 5 heteroatoms. The van der Waals surface area contributed by atoms with E-state index in [1.807, 2.05) is 60.3 Å². The molecule has 0 unspecified atom stereocenters. The molecule has 0 saturated heterocycles. The van der Waals surface area contributed by atoms with Crippen LogP contribution in [0.3, 0.4) is 0 Å². The van der Waals surface area contributed by atoms with Crippen molar-refractivity contribution in [2.45, 2.75) is 6.92 Å². The van der Waals surface area contributed by atoms with Gasteiger partial charge in [0.15, 0.2) is 0 Å². The molecule has 25 heavy (non-hydrogen) atoms. The number of fused-ring (bicyclic) bond motifs is 1. The highest BCUT2D eigenvalue weighted by atomic mass is 19.1. The third-order valence-electron chi connectivity index (χ3n) is 4.01. The van der Waals surface area contributed by atoms with Crippen LogP contribution in [-0.2, 0) is 0 Å². The minimum atomic E-state index is -0.317. The molecule has 4 nitrogen and oxygen atoms in total. The Morgan fingerprint density at radius 2 is 1.80 bits per heavy atom. The van der Waals surface area contributed by atoms with Crippen molar-refractivity contribution < 1.29 is 4.39 Å². The van der Waals surface area contributed by atoms with Crippen molar-refractivity contribution in [3.8, 4) is 5.69 Å². The molecular formula is C20H15FN4. The molecule has 2 heterocycles. The molecule has 0 atom stereocenters. The quantitative estimate of drug-likeness (QED) is 0.558. The maximum Gasteiger partial charge on any atom is 0.125 e. The Hall–Kier alpha value is -3.34. The number of para-hydroxylation sites is 1. The fourth-order valence-electron chi connectivity index (χ4n) is 2.67. The van der Waals surface area contributed by atoms with E-state index in [1.165, 1.54) is 12.1 Å². The molecule has 0 aliphatic heterocycles. The molecule has 0 bridgehead atoms. The monoisotopic (exact) mass is 330 g/mol. The van der Waals surface area contributed by atoms with Crippen LogP contribution in [-0.4, -0.2) is 19.7 Å². The van der Waals surface area contributed by atoms with Crippen LogP contribution in [0.5, 0.6) is 0 Å². The zero-order chi connectivity index (χ0) is 17.2. The number of hydrogen-bond acceptors (Lipinski definition) is 3. The van der Waals surface area contributed by atoms with E-state index in [0.29, 0.717) is 16.7 Å². The van der Waals surface area contributed by atoms with E-state index in [4.69, 9.17) is 0 Å². The van der Waals surface area contributed by atoms with E-state index in [9.17, 15) is 4.39 Å². The second-order valence-electron chi connectivity index (χ2n) is 5.69. The van der Waals surface area contributed by atoms with E-state index in [-0.39, 0.29) is 5.82 Å². The van der Waals surface area contributed by atoms with Gasteiger partial charge in [0.05, 0.1) is 34.8 Å². The molecule has 0 saturated carbocycles. The van der Waals surface area contributed by atoms with Gasteiger partial charge in [-0.1, -0.05) is 18.2 Å². The third kappa shape index (κ3) is 3.04. The van der Waals surface area contributed by atoms with Crippen LogP contribution in [0.4, 0.5) is 4.39 Å². The molecule has 0 radical (unpaired) electrons. The number of rotatable bonds is 3. The van der Waals surface area contributed by atoms with E-state index in [0.717, 1.165) is 16.9 Å². The van der Waals surface area contributed by atoms with Gasteiger partial charge in [0, 0.05) is 17.3 Å². The average Bonchev–Trinajstić information content (AvgIpc) is 3.01. The predicted octanol–water partition coefficient (Wildman–Crippen LogP) is 4.43. The van der Waals surface area contributed by atoms with E-state index < -0.39 is 0 Å². The molecule has 0 aliphatic carbocycles. The lowest BCUT2D eigenvalue weighted by atomic mass is 10.2. The summed E-state index contributed by atoms with van der Waals surface area (Å²) in [4.78, 5) is 8.74. The van der Waals surface area contributed by atoms with Gasteiger partial charge < -0.3 is 0 Å². The first-order valence-electron chi connectivity index (χ1n) is 7.91. The molecule has 0 fully saturated rings. The lowest BCUT2D eigenvalue weighted by molar-refractivity contribution is 0.629. The Bertz CT molecular complexity index is 1070. The standard InChI is InChI=1S/C20H15FN4/c1-14-15(12-23-25(14)18-5-3-2-4-6-18)7-9-17-13-22-19-10-8-16(21)11-20(19)24-17/h2-13H,1H3. The molecule has 2 aromatic heterocycles. The normalized spacial score (nSPS) is 11.4. The smallest absolute Gasteiger partial charge is 0.125 e. The van der Waals surface area contributed by atoms with Gasteiger partial charge in [0.1, 0.15) is 5.82 Å².